The van der Waals surface area contributed by atoms with Gasteiger partial charge in [-0.25, -0.2) is 4.79 Å². The molecule has 0 bridgehead atoms. The second-order valence-electron chi connectivity index (χ2n) is 7.41. The van der Waals surface area contributed by atoms with Crippen molar-refractivity contribution in [1.29, 1.82) is 0 Å². The van der Waals surface area contributed by atoms with Crippen molar-refractivity contribution < 1.29 is 14.3 Å². The highest BCUT2D eigenvalue weighted by Crippen LogP contribution is 2.38. The van der Waals surface area contributed by atoms with E-state index in [1.807, 2.05) is 36.1 Å². The Kier molecular flexibility index (Phi) is 6.79. The van der Waals surface area contributed by atoms with Crippen molar-refractivity contribution in [2.75, 3.05) is 40.8 Å². The Morgan fingerprint density at radius 2 is 1.93 bits per heavy atom. The van der Waals surface area contributed by atoms with Gasteiger partial charge in [0.05, 0.1) is 13.2 Å². The summed E-state index contributed by atoms with van der Waals surface area (Å²) in [5.41, 5.74) is 2.24. The molecule has 0 fully saturated rings. The number of rotatable bonds is 6. The molecule has 0 unspecified atom stereocenters. The highest BCUT2D eigenvalue weighted by molar-refractivity contribution is 7.10. The molecular formula is C22H29N3O3S. The van der Waals surface area contributed by atoms with E-state index in [0.29, 0.717) is 13.1 Å². The molecule has 1 atom stereocenters. The van der Waals surface area contributed by atoms with Crippen LogP contribution in [0.25, 0.3) is 0 Å². The summed E-state index contributed by atoms with van der Waals surface area (Å²) in [4.78, 5) is 32.2. The fourth-order valence-corrected chi connectivity index (χ4v) is 4.68. The molecule has 3 rings (SSSR count). The summed E-state index contributed by atoms with van der Waals surface area (Å²) in [5.74, 6) is 0.769. The second-order valence-corrected chi connectivity index (χ2v) is 8.41. The molecule has 6 nitrogen and oxygen atoms in total. The van der Waals surface area contributed by atoms with Crippen LogP contribution < -0.4 is 4.74 Å². The van der Waals surface area contributed by atoms with Crippen LogP contribution in [0, 0.1) is 0 Å². The molecule has 1 aromatic carbocycles. The second kappa shape index (κ2) is 9.31. The van der Waals surface area contributed by atoms with Crippen LogP contribution in [0.4, 0.5) is 4.79 Å². The van der Waals surface area contributed by atoms with Crippen LogP contribution in [-0.2, 0) is 11.2 Å². The minimum absolute atomic E-state index is 0.0219. The van der Waals surface area contributed by atoms with Crippen LogP contribution in [0.15, 0.2) is 35.7 Å². The first-order chi connectivity index (χ1) is 14.0. The monoisotopic (exact) mass is 415 g/mol. The number of urea groups is 1. The Hall–Kier alpha value is -2.54. The topological polar surface area (TPSA) is 53.1 Å². The van der Waals surface area contributed by atoms with Gasteiger partial charge in [0.15, 0.2) is 0 Å². The number of benzene rings is 1. The van der Waals surface area contributed by atoms with Crippen molar-refractivity contribution in [1.82, 2.24) is 14.7 Å². The zero-order valence-electron chi connectivity index (χ0n) is 17.6. The molecule has 156 valence electrons. The van der Waals surface area contributed by atoms with Crippen molar-refractivity contribution in [3.05, 3.63) is 51.7 Å². The molecule has 1 aliphatic heterocycles. The number of amides is 3. The van der Waals surface area contributed by atoms with Crippen LogP contribution in [0.2, 0.25) is 0 Å². The molecule has 29 heavy (non-hydrogen) atoms. The molecule has 0 radical (unpaired) electrons. The molecule has 3 amide bonds. The Balaban J connectivity index is 1.89. The van der Waals surface area contributed by atoms with Gasteiger partial charge in [0.1, 0.15) is 12.3 Å². The molecule has 7 heteroatoms. The Morgan fingerprint density at radius 3 is 2.55 bits per heavy atom. The lowest BCUT2D eigenvalue weighted by Crippen LogP contribution is -2.49. The predicted octanol–water partition coefficient (Wildman–Crippen LogP) is 3.62. The van der Waals surface area contributed by atoms with Crippen molar-refractivity contribution in [2.24, 2.45) is 0 Å². The van der Waals surface area contributed by atoms with Crippen LogP contribution in [-0.4, -0.2) is 67.5 Å². The number of hydrogen-bond donors (Lipinski definition) is 0. The molecule has 0 N–H and O–H groups in total. The van der Waals surface area contributed by atoms with Gasteiger partial charge in [0.25, 0.3) is 0 Å². The van der Waals surface area contributed by atoms with E-state index in [1.54, 1.807) is 37.4 Å². The number of ether oxygens (including phenoxy) is 1. The highest BCUT2D eigenvalue weighted by atomic mass is 32.1. The maximum absolute atomic E-state index is 13.3. The number of carbonyl (C=O) groups excluding carboxylic acids is 2. The fraction of sp³-hybridized carbons (Fsp3) is 0.455. The fourth-order valence-electron chi connectivity index (χ4n) is 3.78. The highest BCUT2D eigenvalue weighted by Gasteiger charge is 2.34. The van der Waals surface area contributed by atoms with E-state index >= 15 is 0 Å². The third kappa shape index (κ3) is 4.56. The Labute approximate surface area is 176 Å². The Bertz CT molecular complexity index is 847. The zero-order chi connectivity index (χ0) is 21.0. The van der Waals surface area contributed by atoms with Crippen molar-refractivity contribution >= 4 is 23.3 Å². The summed E-state index contributed by atoms with van der Waals surface area (Å²) in [6, 6.07) is 9.74. The molecule has 2 heterocycles. The maximum Gasteiger partial charge on any atom is 0.319 e. The summed E-state index contributed by atoms with van der Waals surface area (Å²) in [6.45, 7) is 3.32. The van der Waals surface area contributed by atoms with E-state index in [2.05, 4.69) is 11.4 Å². The number of carbonyl (C=O) groups is 2. The van der Waals surface area contributed by atoms with E-state index in [4.69, 9.17) is 4.74 Å². The number of thiophene rings is 1. The van der Waals surface area contributed by atoms with Gasteiger partial charge in [-0.1, -0.05) is 19.1 Å². The van der Waals surface area contributed by atoms with E-state index < -0.39 is 0 Å². The molecule has 0 saturated carbocycles. The first kappa shape index (κ1) is 21.2. The van der Waals surface area contributed by atoms with Gasteiger partial charge < -0.3 is 19.4 Å². The van der Waals surface area contributed by atoms with Crippen LogP contribution in [0.5, 0.6) is 5.75 Å². The SMILES string of the molecule is CCCN(CC(=O)N1CCc2sccc2[C@H]1c1ccc(OC)cc1)C(=O)N(C)C. The lowest BCUT2D eigenvalue weighted by Gasteiger charge is -2.38. The van der Waals surface area contributed by atoms with Gasteiger partial charge in [0.2, 0.25) is 5.91 Å². The molecule has 2 aromatic rings. The first-order valence-electron chi connectivity index (χ1n) is 9.92. The third-order valence-corrected chi connectivity index (χ3v) is 6.19. The van der Waals surface area contributed by atoms with Gasteiger partial charge in [0, 0.05) is 32.1 Å². The van der Waals surface area contributed by atoms with E-state index in [1.165, 1.54) is 15.3 Å². The number of nitrogens with zero attached hydrogens (tertiary/aromatic N) is 3. The summed E-state index contributed by atoms with van der Waals surface area (Å²) < 4.78 is 5.29. The molecule has 0 spiro atoms. The van der Waals surface area contributed by atoms with Crippen LogP contribution in [0.1, 0.15) is 35.4 Å². The summed E-state index contributed by atoms with van der Waals surface area (Å²) in [7, 11) is 5.08. The third-order valence-electron chi connectivity index (χ3n) is 5.19. The Morgan fingerprint density at radius 1 is 1.21 bits per heavy atom. The van der Waals surface area contributed by atoms with Crippen molar-refractivity contribution in [3.63, 3.8) is 0 Å². The standard InChI is InChI=1S/C22H29N3O3S/c1-5-12-24(22(27)23(2)3)15-20(26)25-13-10-19-18(11-14-29-19)21(25)16-6-8-17(28-4)9-7-16/h6-9,11,14,21H,5,10,12-13,15H2,1-4H3/t21-/m1/s1. The minimum Gasteiger partial charge on any atom is -0.497 e. The lowest BCUT2D eigenvalue weighted by atomic mass is 9.93. The first-order valence-corrected chi connectivity index (χ1v) is 10.8. The quantitative estimate of drug-likeness (QED) is 0.724. The van der Waals surface area contributed by atoms with Gasteiger partial charge in [-0.05, 0) is 47.5 Å². The molecule has 1 aliphatic rings. The molecular weight excluding hydrogens is 386 g/mol. The number of hydrogen-bond acceptors (Lipinski definition) is 4. The summed E-state index contributed by atoms with van der Waals surface area (Å²) in [5, 5.41) is 2.09. The maximum atomic E-state index is 13.3. The summed E-state index contributed by atoms with van der Waals surface area (Å²) >= 11 is 1.74. The average Bonchev–Trinajstić information content (AvgIpc) is 3.21. The van der Waals surface area contributed by atoms with Gasteiger partial charge >= 0.3 is 6.03 Å². The largest absolute Gasteiger partial charge is 0.497 e. The van der Waals surface area contributed by atoms with E-state index in [0.717, 1.165) is 24.2 Å². The minimum atomic E-state index is -0.138. The summed E-state index contributed by atoms with van der Waals surface area (Å²) in [6.07, 6.45) is 1.66. The lowest BCUT2D eigenvalue weighted by molar-refractivity contribution is -0.134. The van der Waals surface area contributed by atoms with Gasteiger partial charge in [-0.15, -0.1) is 11.3 Å². The normalized spacial score (nSPS) is 15.6. The number of methoxy groups -OCH3 is 1. The zero-order valence-corrected chi connectivity index (χ0v) is 18.4. The number of fused-ring (bicyclic) bond motifs is 1. The smallest absolute Gasteiger partial charge is 0.319 e. The van der Waals surface area contributed by atoms with Gasteiger partial charge in [-0.2, -0.15) is 0 Å². The van der Waals surface area contributed by atoms with Crippen molar-refractivity contribution in [2.45, 2.75) is 25.8 Å². The van der Waals surface area contributed by atoms with Crippen LogP contribution in [0.3, 0.4) is 0 Å². The van der Waals surface area contributed by atoms with Crippen molar-refractivity contribution in [3.8, 4) is 5.75 Å². The van der Waals surface area contributed by atoms with Gasteiger partial charge in [-0.3, -0.25) is 4.79 Å². The van der Waals surface area contributed by atoms with E-state index in [-0.39, 0.29) is 24.5 Å². The van der Waals surface area contributed by atoms with E-state index in [9.17, 15) is 9.59 Å². The van der Waals surface area contributed by atoms with Crippen LogP contribution >= 0.6 is 11.3 Å². The molecule has 1 aromatic heterocycles. The predicted molar refractivity (Wildman–Crippen MR) is 116 cm³/mol. The molecule has 0 aliphatic carbocycles. The average molecular weight is 416 g/mol. The molecule has 0 saturated heterocycles.